The van der Waals surface area contributed by atoms with Gasteiger partial charge in [0.25, 0.3) is 5.91 Å². The number of nitrogens with one attached hydrogen (secondary N) is 1. The fourth-order valence-corrected chi connectivity index (χ4v) is 3.89. The van der Waals surface area contributed by atoms with Crippen LogP contribution >= 0.6 is 0 Å². The first-order valence-electron chi connectivity index (χ1n) is 8.67. The Morgan fingerprint density at radius 2 is 2.04 bits per heavy atom. The smallest absolute Gasteiger partial charge is 0.251 e. The van der Waals surface area contributed by atoms with Gasteiger partial charge >= 0.3 is 0 Å². The minimum Gasteiger partial charge on any atom is -0.497 e. The van der Waals surface area contributed by atoms with E-state index in [0.29, 0.717) is 11.3 Å². The molecule has 0 bridgehead atoms. The highest BCUT2D eigenvalue weighted by atomic mass is 16.5. The number of ether oxygens (including phenoxy) is 1. The van der Waals surface area contributed by atoms with Gasteiger partial charge in [0.2, 0.25) is 0 Å². The molecular weight excluding hydrogens is 312 g/mol. The third-order valence-corrected chi connectivity index (χ3v) is 5.19. The van der Waals surface area contributed by atoms with Crippen LogP contribution < -0.4 is 10.1 Å². The summed E-state index contributed by atoms with van der Waals surface area (Å²) in [5, 5.41) is 4.50. The van der Waals surface area contributed by atoms with E-state index in [0.717, 1.165) is 19.3 Å². The number of aromatic nitrogens is 1. The second-order valence-corrected chi connectivity index (χ2v) is 6.65. The number of nitrogens with zero attached hydrogens (tertiary/aromatic N) is 1. The molecule has 1 unspecified atom stereocenters. The molecule has 128 valence electrons. The molecule has 0 aliphatic heterocycles. The van der Waals surface area contributed by atoms with Gasteiger partial charge in [-0.3, -0.25) is 4.79 Å². The van der Waals surface area contributed by atoms with Crippen molar-refractivity contribution in [2.24, 2.45) is 7.05 Å². The van der Waals surface area contributed by atoms with E-state index in [1.807, 2.05) is 18.2 Å². The molecule has 1 N–H and O–H groups in total. The van der Waals surface area contributed by atoms with Gasteiger partial charge < -0.3 is 14.6 Å². The van der Waals surface area contributed by atoms with Gasteiger partial charge in [-0.1, -0.05) is 24.3 Å². The summed E-state index contributed by atoms with van der Waals surface area (Å²) in [5.41, 5.74) is 4.68. The SMILES string of the molecule is COc1cccc(C(=O)NC2CCc3c(c4ccccc4n3C)C2)c1. The van der Waals surface area contributed by atoms with E-state index in [2.05, 4.69) is 41.2 Å². The lowest BCUT2D eigenvalue weighted by atomic mass is 9.91. The summed E-state index contributed by atoms with van der Waals surface area (Å²) >= 11 is 0. The normalized spacial score (nSPS) is 16.5. The number of aryl methyl sites for hydroxylation is 1. The molecule has 1 amide bonds. The summed E-state index contributed by atoms with van der Waals surface area (Å²) < 4.78 is 7.51. The summed E-state index contributed by atoms with van der Waals surface area (Å²) in [6.45, 7) is 0. The van der Waals surface area contributed by atoms with Crippen LogP contribution in [0.25, 0.3) is 10.9 Å². The number of fused-ring (bicyclic) bond motifs is 3. The van der Waals surface area contributed by atoms with Crippen molar-refractivity contribution in [3.05, 3.63) is 65.4 Å². The maximum absolute atomic E-state index is 12.6. The Labute approximate surface area is 147 Å². The van der Waals surface area contributed by atoms with Crippen molar-refractivity contribution in [3.63, 3.8) is 0 Å². The highest BCUT2D eigenvalue weighted by molar-refractivity contribution is 5.95. The molecule has 1 aliphatic carbocycles. The number of hydrogen-bond donors (Lipinski definition) is 1. The first kappa shape index (κ1) is 15.8. The van der Waals surface area contributed by atoms with Gasteiger partial charge in [-0.25, -0.2) is 0 Å². The van der Waals surface area contributed by atoms with E-state index in [1.54, 1.807) is 13.2 Å². The van der Waals surface area contributed by atoms with Gasteiger partial charge in [-0.15, -0.1) is 0 Å². The molecule has 1 aromatic heterocycles. The molecule has 4 nitrogen and oxygen atoms in total. The zero-order chi connectivity index (χ0) is 17.4. The molecule has 1 aliphatic rings. The van der Waals surface area contributed by atoms with Crippen LogP contribution in [0.4, 0.5) is 0 Å². The highest BCUT2D eigenvalue weighted by Crippen LogP contribution is 2.31. The zero-order valence-corrected chi connectivity index (χ0v) is 14.6. The van der Waals surface area contributed by atoms with Gasteiger partial charge in [0.1, 0.15) is 5.75 Å². The number of rotatable bonds is 3. The van der Waals surface area contributed by atoms with E-state index >= 15 is 0 Å². The maximum atomic E-state index is 12.6. The summed E-state index contributed by atoms with van der Waals surface area (Å²) in [7, 11) is 3.75. The van der Waals surface area contributed by atoms with Gasteiger partial charge in [0, 0.05) is 35.2 Å². The summed E-state index contributed by atoms with van der Waals surface area (Å²) in [4.78, 5) is 12.6. The second-order valence-electron chi connectivity index (χ2n) is 6.65. The van der Waals surface area contributed by atoms with Crippen molar-refractivity contribution >= 4 is 16.8 Å². The number of carbonyl (C=O) groups is 1. The molecule has 1 heterocycles. The van der Waals surface area contributed by atoms with Crippen LogP contribution in [0.15, 0.2) is 48.5 Å². The van der Waals surface area contributed by atoms with Crippen molar-refractivity contribution in [2.45, 2.75) is 25.3 Å². The predicted octanol–water partition coefficient (Wildman–Crippen LogP) is 3.47. The van der Waals surface area contributed by atoms with Crippen LogP contribution in [0.2, 0.25) is 0 Å². The lowest BCUT2D eigenvalue weighted by molar-refractivity contribution is 0.0933. The van der Waals surface area contributed by atoms with Gasteiger partial charge in [0.15, 0.2) is 0 Å². The Hall–Kier alpha value is -2.75. The molecule has 0 spiro atoms. The molecule has 4 heteroatoms. The Kier molecular flexibility index (Phi) is 3.96. The van der Waals surface area contributed by atoms with Crippen LogP contribution in [0.5, 0.6) is 5.75 Å². The Morgan fingerprint density at radius 3 is 2.88 bits per heavy atom. The fraction of sp³-hybridized carbons (Fsp3) is 0.286. The van der Waals surface area contributed by atoms with Crippen molar-refractivity contribution in [3.8, 4) is 5.75 Å². The van der Waals surface area contributed by atoms with Crippen molar-refractivity contribution in [1.29, 1.82) is 0 Å². The molecule has 25 heavy (non-hydrogen) atoms. The fourth-order valence-electron chi connectivity index (χ4n) is 3.89. The van der Waals surface area contributed by atoms with E-state index in [1.165, 1.54) is 22.2 Å². The molecule has 0 saturated carbocycles. The minimum atomic E-state index is -0.0346. The third-order valence-electron chi connectivity index (χ3n) is 5.19. The lowest BCUT2D eigenvalue weighted by Crippen LogP contribution is -2.39. The number of para-hydroxylation sites is 1. The van der Waals surface area contributed by atoms with E-state index in [4.69, 9.17) is 4.74 Å². The van der Waals surface area contributed by atoms with Crippen LogP contribution in [-0.4, -0.2) is 23.6 Å². The molecule has 0 saturated heterocycles. The van der Waals surface area contributed by atoms with Crippen molar-refractivity contribution in [1.82, 2.24) is 9.88 Å². The average Bonchev–Trinajstić information content (AvgIpc) is 2.94. The van der Waals surface area contributed by atoms with E-state index in [-0.39, 0.29) is 11.9 Å². The van der Waals surface area contributed by atoms with E-state index in [9.17, 15) is 4.79 Å². The van der Waals surface area contributed by atoms with Crippen molar-refractivity contribution < 1.29 is 9.53 Å². The Balaban J connectivity index is 1.56. The minimum absolute atomic E-state index is 0.0346. The lowest BCUT2D eigenvalue weighted by Gasteiger charge is -2.24. The number of amides is 1. The predicted molar refractivity (Wildman–Crippen MR) is 99.2 cm³/mol. The molecule has 3 aromatic rings. The zero-order valence-electron chi connectivity index (χ0n) is 14.6. The maximum Gasteiger partial charge on any atom is 0.251 e. The molecule has 0 fully saturated rings. The number of benzene rings is 2. The van der Waals surface area contributed by atoms with Crippen LogP contribution in [-0.2, 0) is 19.9 Å². The van der Waals surface area contributed by atoms with Gasteiger partial charge in [-0.05, 0) is 49.1 Å². The summed E-state index contributed by atoms with van der Waals surface area (Å²) in [6, 6.07) is 16.0. The topological polar surface area (TPSA) is 43.3 Å². The molecule has 2 aromatic carbocycles. The van der Waals surface area contributed by atoms with Crippen LogP contribution in [0.1, 0.15) is 28.0 Å². The second kappa shape index (κ2) is 6.28. The molecular formula is C21H22N2O2. The number of carbonyl (C=O) groups excluding carboxylic acids is 1. The molecule has 0 radical (unpaired) electrons. The first-order chi connectivity index (χ1) is 12.2. The quantitative estimate of drug-likeness (QED) is 0.797. The Bertz CT molecular complexity index is 942. The summed E-state index contributed by atoms with van der Waals surface area (Å²) in [6.07, 6.45) is 2.84. The van der Waals surface area contributed by atoms with Gasteiger partial charge in [-0.2, -0.15) is 0 Å². The highest BCUT2D eigenvalue weighted by Gasteiger charge is 2.25. The summed E-state index contributed by atoms with van der Waals surface area (Å²) in [5.74, 6) is 0.667. The third kappa shape index (κ3) is 2.78. The average molecular weight is 334 g/mol. The standard InChI is InChI=1S/C21H22N2O2/c1-23-19-9-4-3-8-17(19)18-13-15(10-11-20(18)23)22-21(24)14-6-5-7-16(12-14)25-2/h3-9,12,15H,10-11,13H2,1-2H3,(H,22,24). The Morgan fingerprint density at radius 1 is 1.20 bits per heavy atom. The number of methoxy groups -OCH3 is 1. The molecule has 4 rings (SSSR count). The van der Waals surface area contributed by atoms with Crippen LogP contribution in [0, 0.1) is 0 Å². The van der Waals surface area contributed by atoms with Crippen molar-refractivity contribution in [2.75, 3.05) is 7.11 Å². The number of hydrogen-bond acceptors (Lipinski definition) is 2. The monoisotopic (exact) mass is 334 g/mol. The first-order valence-corrected chi connectivity index (χ1v) is 8.67. The van der Waals surface area contributed by atoms with Gasteiger partial charge in [0.05, 0.1) is 7.11 Å². The van der Waals surface area contributed by atoms with Crippen LogP contribution in [0.3, 0.4) is 0 Å². The molecule has 1 atom stereocenters. The van der Waals surface area contributed by atoms with E-state index < -0.39 is 0 Å². The largest absolute Gasteiger partial charge is 0.497 e.